The summed E-state index contributed by atoms with van der Waals surface area (Å²) < 4.78 is 20.4. The van der Waals surface area contributed by atoms with Crippen LogP contribution in [0.4, 0.5) is 0 Å². The third-order valence-corrected chi connectivity index (χ3v) is 18.1. The number of aromatic nitrogens is 4. The molecule has 0 spiro atoms. The molecule has 3 saturated heterocycles. The number of likely N-dealkylation sites (tertiary alicyclic amines) is 2. The third-order valence-electron chi connectivity index (χ3n) is 17.1. The van der Waals surface area contributed by atoms with Gasteiger partial charge in [-0.25, -0.2) is 4.98 Å². The lowest BCUT2D eigenvalue weighted by Crippen LogP contribution is -2.59. The number of pyridine rings is 1. The molecular formula is C63H75N9O8S. The van der Waals surface area contributed by atoms with Gasteiger partial charge in [-0.1, -0.05) is 80.5 Å². The Morgan fingerprint density at radius 1 is 0.827 bits per heavy atom. The molecule has 11 rings (SSSR count). The summed E-state index contributed by atoms with van der Waals surface area (Å²) in [7, 11) is 0. The second-order valence-corrected chi connectivity index (χ2v) is 24.8. The number of benzene rings is 3. The van der Waals surface area contributed by atoms with E-state index in [0.29, 0.717) is 50.6 Å². The molecule has 4 aromatic heterocycles. The number of thiazole rings is 1. The van der Waals surface area contributed by atoms with Crippen LogP contribution < -0.4 is 16.0 Å². The average molecular weight is 1120 g/mol. The second-order valence-electron chi connectivity index (χ2n) is 24.0. The maximum absolute atomic E-state index is 14.4. The summed E-state index contributed by atoms with van der Waals surface area (Å²) in [6.45, 7) is 16.2. The van der Waals surface area contributed by atoms with E-state index in [1.807, 2.05) is 109 Å². The SMILES string of the molecule is Cc1ncsc1-c1ccc([C@H](C)NC(=O)[C@@H]2C[C@@H](O)CN2C(=O)[C@@H](NC(=O)CN2CCC(O[C@H]3C[C@H](NC(=O)c4ccc5c6ncc(-c7c(C)noc7C)cc6n([C@@H](c6ccccc6)C6CCOCC6)c5c4)C3)CC2)C(C)(C)C)cc1. The zero-order valence-electron chi connectivity index (χ0n) is 47.4. The molecule has 5 atom stereocenters. The van der Waals surface area contributed by atoms with Gasteiger partial charge in [-0.15, -0.1) is 11.3 Å². The van der Waals surface area contributed by atoms with E-state index in [-0.39, 0.29) is 67.6 Å². The number of β-amino-alcohol motifs (C(OH)–C–C–N with tert-alkyl or cyclic N) is 1. The van der Waals surface area contributed by atoms with Crippen molar-refractivity contribution < 1.29 is 38.3 Å². The summed E-state index contributed by atoms with van der Waals surface area (Å²) in [5.41, 5.74) is 11.3. The number of carbonyl (C=O) groups excluding carboxylic acids is 4. The van der Waals surface area contributed by atoms with Crippen molar-refractivity contribution in [1.29, 1.82) is 0 Å². The molecule has 1 aliphatic carbocycles. The first-order chi connectivity index (χ1) is 39.0. The van der Waals surface area contributed by atoms with Crippen molar-refractivity contribution >= 4 is 56.9 Å². The van der Waals surface area contributed by atoms with Crippen LogP contribution in [0.3, 0.4) is 0 Å². The summed E-state index contributed by atoms with van der Waals surface area (Å²) in [4.78, 5) is 70.2. The highest BCUT2D eigenvalue weighted by atomic mass is 32.1. The van der Waals surface area contributed by atoms with Crippen molar-refractivity contribution in [2.75, 3.05) is 39.4 Å². The number of carbonyl (C=O) groups is 4. The lowest BCUT2D eigenvalue weighted by atomic mass is 9.85. The number of hydrogen-bond acceptors (Lipinski definition) is 13. The van der Waals surface area contributed by atoms with Crippen molar-refractivity contribution in [2.24, 2.45) is 11.3 Å². The second kappa shape index (κ2) is 23.6. The number of piperidine rings is 1. The van der Waals surface area contributed by atoms with Gasteiger partial charge in [-0.3, -0.25) is 29.1 Å². The van der Waals surface area contributed by atoms with Crippen molar-refractivity contribution in [3.8, 4) is 21.6 Å². The van der Waals surface area contributed by atoms with Gasteiger partial charge in [0.15, 0.2) is 0 Å². The number of hydrogen-bond donors (Lipinski definition) is 4. The Morgan fingerprint density at radius 2 is 1.57 bits per heavy atom. The average Bonchev–Trinajstić information content (AvgIpc) is 4.40. The zero-order chi connectivity index (χ0) is 56.7. The zero-order valence-corrected chi connectivity index (χ0v) is 48.3. The number of aryl methyl sites for hydroxylation is 3. The molecule has 0 radical (unpaired) electrons. The fourth-order valence-electron chi connectivity index (χ4n) is 12.7. The Labute approximate surface area is 477 Å². The standard InChI is InChI=1S/C63H75N9O8S/c1-36(40-13-15-43(16-14-40)58-38(3)65-35-81-58)66-61(76)53-31-47(73)33-71(53)62(77)59(63(5,6)7)68-54(74)34-70-23-19-48(20-24-70)79-49-29-46(30-49)67-60(75)44-17-18-50-51(27-44)72(57(41-11-9-8-10-12-41)42-21-25-78-26-22-42)52-28-45(32-64-56(50)52)55-37(2)69-80-39(55)4/h8-18,27-28,32,35-36,42,46-49,53,57,59,73H,19-26,29-31,33-34H2,1-7H3,(H,66,76)(H,67,75)(H,68,74)/t36-,46-,47+,49-,53-,57-,59+/m0/s1. The van der Waals surface area contributed by atoms with Gasteiger partial charge in [0.2, 0.25) is 17.7 Å². The quantitative estimate of drug-likeness (QED) is 0.0716. The fourth-order valence-corrected chi connectivity index (χ4v) is 13.5. The molecule has 81 heavy (non-hydrogen) atoms. The third kappa shape index (κ3) is 11.9. The van der Waals surface area contributed by atoms with Crippen LogP contribution in [0, 0.1) is 32.1 Å². The van der Waals surface area contributed by atoms with Crippen molar-refractivity contribution in [3.63, 3.8) is 0 Å². The molecule has 18 heteroatoms. The topological polar surface area (TPSA) is 206 Å². The molecular weight excluding hydrogens is 1040 g/mol. The number of ether oxygens (including phenoxy) is 2. The summed E-state index contributed by atoms with van der Waals surface area (Å²) in [6.07, 6.45) is 5.92. The van der Waals surface area contributed by atoms with Crippen LogP contribution in [0.15, 0.2) is 95.1 Å². The molecule has 7 aromatic rings. The van der Waals surface area contributed by atoms with Gasteiger partial charge >= 0.3 is 0 Å². The summed E-state index contributed by atoms with van der Waals surface area (Å²) in [5, 5.41) is 25.4. The van der Waals surface area contributed by atoms with Crippen LogP contribution in [0.5, 0.6) is 0 Å². The van der Waals surface area contributed by atoms with E-state index < -0.39 is 29.5 Å². The Morgan fingerprint density at radius 3 is 2.25 bits per heavy atom. The minimum Gasteiger partial charge on any atom is -0.391 e. The molecule has 0 unspecified atom stereocenters. The Hall–Kier alpha value is -6.83. The highest BCUT2D eigenvalue weighted by Gasteiger charge is 2.45. The first-order valence-electron chi connectivity index (χ1n) is 28.7. The van der Waals surface area contributed by atoms with Crippen LogP contribution in [-0.2, 0) is 23.9 Å². The first kappa shape index (κ1) is 56.1. The predicted octanol–water partition coefficient (Wildman–Crippen LogP) is 9.02. The van der Waals surface area contributed by atoms with Crippen LogP contribution in [-0.4, -0.2) is 134 Å². The normalized spacial score (nSPS) is 21.4. The molecule has 3 aliphatic heterocycles. The van der Waals surface area contributed by atoms with Gasteiger partial charge in [0.1, 0.15) is 17.8 Å². The highest BCUT2D eigenvalue weighted by molar-refractivity contribution is 7.13. The molecule has 0 bridgehead atoms. The molecule has 1 saturated carbocycles. The van der Waals surface area contributed by atoms with Crippen LogP contribution in [0.1, 0.15) is 123 Å². The van der Waals surface area contributed by atoms with Gasteiger partial charge in [0, 0.05) is 73.6 Å². The number of rotatable bonds is 16. The minimum atomic E-state index is -0.923. The number of amides is 4. The van der Waals surface area contributed by atoms with E-state index in [1.54, 1.807) is 11.3 Å². The predicted molar refractivity (Wildman–Crippen MR) is 312 cm³/mol. The summed E-state index contributed by atoms with van der Waals surface area (Å²) in [5.74, 6) is -0.113. The molecule has 7 heterocycles. The van der Waals surface area contributed by atoms with E-state index in [4.69, 9.17) is 19.0 Å². The van der Waals surface area contributed by atoms with Gasteiger partial charge < -0.3 is 44.5 Å². The van der Waals surface area contributed by atoms with Gasteiger partial charge in [0.05, 0.1) is 75.3 Å². The lowest BCUT2D eigenvalue weighted by Gasteiger charge is -2.40. The van der Waals surface area contributed by atoms with E-state index in [1.165, 1.54) is 10.5 Å². The minimum absolute atomic E-state index is 0.000352. The monoisotopic (exact) mass is 1120 g/mol. The van der Waals surface area contributed by atoms with E-state index in [9.17, 15) is 24.3 Å². The van der Waals surface area contributed by atoms with Gasteiger partial charge in [-0.2, -0.15) is 0 Å². The molecule has 4 amide bonds. The van der Waals surface area contributed by atoms with Crippen LogP contribution in [0.25, 0.3) is 43.5 Å². The number of nitrogens with one attached hydrogen (secondary N) is 3. The number of fused-ring (bicyclic) bond motifs is 3. The maximum atomic E-state index is 14.4. The van der Waals surface area contributed by atoms with Crippen LogP contribution >= 0.6 is 11.3 Å². The molecule has 4 fully saturated rings. The molecule has 4 aliphatic rings. The van der Waals surface area contributed by atoms with E-state index in [0.717, 1.165) is 91.9 Å². The molecule has 426 valence electrons. The molecule has 17 nitrogen and oxygen atoms in total. The summed E-state index contributed by atoms with van der Waals surface area (Å²) >= 11 is 1.58. The lowest BCUT2D eigenvalue weighted by molar-refractivity contribution is -0.144. The van der Waals surface area contributed by atoms with Crippen molar-refractivity contribution in [1.82, 2.24) is 45.4 Å². The highest BCUT2D eigenvalue weighted by Crippen LogP contribution is 2.42. The van der Waals surface area contributed by atoms with E-state index in [2.05, 4.69) is 65.9 Å². The molecule has 3 aromatic carbocycles. The smallest absolute Gasteiger partial charge is 0.251 e. The van der Waals surface area contributed by atoms with E-state index >= 15 is 0 Å². The Balaban J connectivity index is 0.684. The van der Waals surface area contributed by atoms with Gasteiger partial charge in [0.25, 0.3) is 5.91 Å². The van der Waals surface area contributed by atoms with Crippen LogP contribution in [0.2, 0.25) is 0 Å². The fraction of sp³-hybridized carbons (Fsp3) is 0.476. The number of nitrogens with zero attached hydrogens (tertiary/aromatic N) is 6. The number of aliphatic hydroxyl groups excluding tert-OH is 1. The maximum Gasteiger partial charge on any atom is 0.251 e. The Kier molecular flexibility index (Phi) is 16.3. The molecule has 4 N–H and O–H groups in total. The van der Waals surface area contributed by atoms with Crippen molar-refractivity contribution in [3.05, 3.63) is 124 Å². The summed E-state index contributed by atoms with van der Waals surface area (Å²) in [6, 6.07) is 24.6. The largest absolute Gasteiger partial charge is 0.391 e. The van der Waals surface area contributed by atoms with Gasteiger partial charge in [-0.05, 0) is 119 Å². The Bertz CT molecular complexity index is 3380. The first-order valence-corrected chi connectivity index (χ1v) is 29.6. The van der Waals surface area contributed by atoms with Crippen molar-refractivity contribution in [2.45, 2.75) is 142 Å². The number of aliphatic hydroxyl groups is 1.